The molecule has 0 spiro atoms. The van der Waals surface area contributed by atoms with E-state index in [0.717, 1.165) is 10.0 Å². The highest BCUT2D eigenvalue weighted by molar-refractivity contribution is 9.10. The Balaban J connectivity index is 3.10. The van der Waals surface area contributed by atoms with E-state index in [1.54, 1.807) is 6.92 Å². The van der Waals surface area contributed by atoms with E-state index in [-0.39, 0.29) is 6.54 Å². The molecule has 3 N–H and O–H groups in total. The van der Waals surface area contributed by atoms with Gasteiger partial charge in [0, 0.05) is 11.0 Å². The predicted molar refractivity (Wildman–Crippen MR) is 52.8 cm³/mol. The van der Waals surface area contributed by atoms with Crippen molar-refractivity contribution in [2.24, 2.45) is 5.73 Å². The Morgan fingerprint density at radius 1 is 1.50 bits per heavy atom. The average molecular weight is 230 g/mol. The van der Waals surface area contributed by atoms with Gasteiger partial charge in [-0.2, -0.15) is 0 Å². The van der Waals surface area contributed by atoms with Crippen molar-refractivity contribution in [3.63, 3.8) is 0 Å². The van der Waals surface area contributed by atoms with Gasteiger partial charge < -0.3 is 10.8 Å². The Kier molecular flexibility index (Phi) is 2.88. The van der Waals surface area contributed by atoms with E-state index in [0.29, 0.717) is 0 Å². The van der Waals surface area contributed by atoms with E-state index in [1.165, 1.54) is 0 Å². The van der Waals surface area contributed by atoms with E-state index >= 15 is 0 Å². The Hall–Kier alpha value is -0.380. The van der Waals surface area contributed by atoms with Gasteiger partial charge in [-0.3, -0.25) is 0 Å². The van der Waals surface area contributed by atoms with Crippen molar-refractivity contribution in [3.05, 3.63) is 34.3 Å². The Morgan fingerprint density at radius 2 is 2.08 bits per heavy atom. The van der Waals surface area contributed by atoms with Gasteiger partial charge in [0.25, 0.3) is 0 Å². The molecule has 1 aromatic rings. The van der Waals surface area contributed by atoms with Crippen LogP contribution in [0.15, 0.2) is 28.7 Å². The highest BCUT2D eigenvalue weighted by atomic mass is 79.9. The molecule has 1 unspecified atom stereocenters. The number of hydrogen-bond donors (Lipinski definition) is 2. The van der Waals surface area contributed by atoms with Gasteiger partial charge >= 0.3 is 0 Å². The van der Waals surface area contributed by atoms with Crippen LogP contribution in [0.3, 0.4) is 0 Å². The summed E-state index contributed by atoms with van der Waals surface area (Å²) < 4.78 is 0.889. The molecule has 0 amide bonds. The Bertz CT molecular complexity index is 273. The molecule has 1 rings (SSSR count). The first-order valence-electron chi connectivity index (χ1n) is 3.75. The third kappa shape index (κ3) is 1.86. The minimum absolute atomic E-state index is 0.218. The number of hydrogen-bond acceptors (Lipinski definition) is 2. The highest BCUT2D eigenvalue weighted by Gasteiger charge is 2.22. The molecule has 0 aliphatic rings. The van der Waals surface area contributed by atoms with Crippen molar-refractivity contribution in [2.45, 2.75) is 12.5 Å². The minimum atomic E-state index is -0.944. The Labute approximate surface area is 80.5 Å². The molecule has 2 nitrogen and oxygen atoms in total. The van der Waals surface area contributed by atoms with E-state index < -0.39 is 5.60 Å². The first-order chi connectivity index (χ1) is 5.58. The first-order valence-corrected chi connectivity index (χ1v) is 4.54. The van der Waals surface area contributed by atoms with Gasteiger partial charge in [-0.1, -0.05) is 34.1 Å². The maximum atomic E-state index is 9.82. The van der Waals surface area contributed by atoms with Crippen molar-refractivity contribution in [1.82, 2.24) is 0 Å². The van der Waals surface area contributed by atoms with Gasteiger partial charge in [0.1, 0.15) is 5.60 Å². The van der Waals surface area contributed by atoms with Crippen LogP contribution in [-0.2, 0) is 5.60 Å². The summed E-state index contributed by atoms with van der Waals surface area (Å²) in [7, 11) is 0. The molecule has 1 atom stereocenters. The van der Waals surface area contributed by atoms with Gasteiger partial charge in [-0.25, -0.2) is 0 Å². The summed E-state index contributed by atoms with van der Waals surface area (Å²) in [4.78, 5) is 0. The summed E-state index contributed by atoms with van der Waals surface area (Å²) in [6.45, 7) is 1.92. The summed E-state index contributed by atoms with van der Waals surface area (Å²) >= 11 is 3.36. The molecule has 0 saturated carbocycles. The molecule has 0 aliphatic heterocycles. The third-order valence-corrected chi connectivity index (χ3v) is 2.54. The van der Waals surface area contributed by atoms with Crippen LogP contribution < -0.4 is 5.73 Å². The smallest absolute Gasteiger partial charge is 0.100 e. The largest absolute Gasteiger partial charge is 0.384 e. The standard InChI is InChI=1S/C9H12BrNO/c1-9(12,6-11)7-4-2-3-5-8(7)10/h2-5,12H,6,11H2,1H3. The number of nitrogens with two attached hydrogens (primary N) is 1. The second-order valence-electron chi connectivity index (χ2n) is 2.96. The molecule has 0 saturated heterocycles. The van der Waals surface area contributed by atoms with Crippen LogP contribution >= 0.6 is 15.9 Å². The summed E-state index contributed by atoms with van der Waals surface area (Å²) in [6, 6.07) is 7.53. The van der Waals surface area contributed by atoms with Gasteiger partial charge in [0.15, 0.2) is 0 Å². The number of halogens is 1. The van der Waals surface area contributed by atoms with Crippen LogP contribution in [0.5, 0.6) is 0 Å². The fraction of sp³-hybridized carbons (Fsp3) is 0.333. The average Bonchev–Trinajstić information content (AvgIpc) is 2.05. The van der Waals surface area contributed by atoms with Gasteiger partial charge in [0.2, 0.25) is 0 Å². The molecule has 0 aliphatic carbocycles. The fourth-order valence-electron chi connectivity index (χ4n) is 1.01. The zero-order chi connectivity index (χ0) is 9.19. The minimum Gasteiger partial charge on any atom is -0.384 e. The molecule has 66 valence electrons. The monoisotopic (exact) mass is 229 g/mol. The topological polar surface area (TPSA) is 46.2 Å². The van der Waals surface area contributed by atoms with Crippen LogP contribution in [0.1, 0.15) is 12.5 Å². The molecule has 0 heterocycles. The lowest BCUT2D eigenvalue weighted by Crippen LogP contribution is -2.31. The number of aliphatic hydroxyl groups is 1. The molecule has 0 fully saturated rings. The van der Waals surface area contributed by atoms with Gasteiger partial charge in [-0.15, -0.1) is 0 Å². The van der Waals surface area contributed by atoms with Gasteiger partial charge in [-0.05, 0) is 18.6 Å². The quantitative estimate of drug-likeness (QED) is 0.810. The second-order valence-corrected chi connectivity index (χ2v) is 3.81. The summed E-state index contributed by atoms with van der Waals surface area (Å²) in [5, 5.41) is 9.82. The summed E-state index contributed by atoms with van der Waals surface area (Å²) in [5.74, 6) is 0. The molecule has 1 aromatic carbocycles. The summed E-state index contributed by atoms with van der Waals surface area (Å²) in [5.41, 5.74) is 5.32. The highest BCUT2D eigenvalue weighted by Crippen LogP contribution is 2.26. The van der Waals surface area contributed by atoms with E-state index in [4.69, 9.17) is 5.73 Å². The van der Waals surface area contributed by atoms with Crippen molar-refractivity contribution >= 4 is 15.9 Å². The normalized spacial score (nSPS) is 15.7. The number of rotatable bonds is 2. The summed E-state index contributed by atoms with van der Waals surface area (Å²) in [6.07, 6.45) is 0. The van der Waals surface area contributed by atoms with Crippen molar-refractivity contribution in [1.29, 1.82) is 0 Å². The molecular weight excluding hydrogens is 218 g/mol. The molecule has 12 heavy (non-hydrogen) atoms. The van der Waals surface area contributed by atoms with Crippen molar-refractivity contribution in [2.75, 3.05) is 6.54 Å². The maximum Gasteiger partial charge on any atom is 0.100 e. The van der Waals surface area contributed by atoms with Crippen molar-refractivity contribution in [3.8, 4) is 0 Å². The molecule has 0 bridgehead atoms. The maximum absolute atomic E-state index is 9.82. The lowest BCUT2D eigenvalue weighted by molar-refractivity contribution is 0.0661. The predicted octanol–water partition coefficient (Wildman–Crippen LogP) is 1.62. The molecule has 0 aromatic heterocycles. The van der Waals surface area contributed by atoms with E-state index in [9.17, 15) is 5.11 Å². The lowest BCUT2D eigenvalue weighted by Gasteiger charge is -2.22. The SMILES string of the molecule is CC(O)(CN)c1ccccc1Br. The Morgan fingerprint density at radius 3 is 2.58 bits per heavy atom. The fourth-order valence-corrected chi connectivity index (χ4v) is 1.72. The van der Waals surface area contributed by atoms with E-state index in [1.807, 2.05) is 24.3 Å². The molecular formula is C9H12BrNO. The molecule has 0 radical (unpaired) electrons. The van der Waals surface area contributed by atoms with Crippen molar-refractivity contribution < 1.29 is 5.11 Å². The molecule has 3 heteroatoms. The van der Waals surface area contributed by atoms with Crippen LogP contribution in [0.4, 0.5) is 0 Å². The second kappa shape index (κ2) is 3.56. The van der Waals surface area contributed by atoms with Crippen LogP contribution in [0, 0.1) is 0 Å². The lowest BCUT2D eigenvalue weighted by atomic mass is 9.97. The number of benzene rings is 1. The van der Waals surface area contributed by atoms with Gasteiger partial charge in [0.05, 0.1) is 0 Å². The zero-order valence-electron chi connectivity index (χ0n) is 6.92. The van der Waals surface area contributed by atoms with Crippen LogP contribution in [0.2, 0.25) is 0 Å². The van der Waals surface area contributed by atoms with Crippen LogP contribution in [0.25, 0.3) is 0 Å². The third-order valence-electron chi connectivity index (χ3n) is 1.85. The van der Waals surface area contributed by atoms with E-state index in [2.05, 4.69) is 15.9 Å². The zero-order valence-corrected chi connectivity index (χ0v) is 8.51. The van der Waals surface area contributed by atoms with Crippen LogP contribution in [-0.4, -0.2) is 11.7 Å². The first kappa shape index (κ1) is 9.71.